The van der Waals surface area contributed by atoms with E-state index in [1.807, 2.05) is 0 Å². The van der Waals surface area contributed by atoms with Crippen molar-refractivity contribution < 1.29 is 8.91 Å². The van der Waals surface area contributed by atoms with E-state index in [4.69, 9.17) is 9.93 Å². The van der Waals surface area contributed by atoms with E-state index in [9.17, 15) is 4.39 Å². The molecule has 0 aliphatic carbocycles. The lowest BCUT2D eigenvalue weighted by Gasteiger charge is -2.03. The second-order valence-corrected chi connectivity index (χ2v) is 4.83. The molecule has 118 valence electrons. The van der Waals surface area contributed by atoms with E-state index in [0.717, 1.165) is 5.56 Å². The first-order valence-electron chi connectivity index (χ1n) is 7.15. The van der Waals surface area contributed by atoms with Crippen LogP contribution >= 0.6 is 0 Å². The Morgan fingerprint density at radius 1 is 0.958 bits per heavy atom. The molecular formula is C18H13FN4O. The number of nitrogens with one attached hydrogen (secondary N) is 1. The highest BCUT2D eigenvalue weighted by Gasteiger charge is 2.11. The Labute approximate surface area is 137 Å². The lowest BCUT2D eigenvalue weighted by Crippen LogP contribution is -1.86. The quantitative estimate of drug-likeness (QED) is 0.566. The van der Waals surface area contributed by atoms with E-state index >= 15 is 0 Å². The maximum atomic E-state index is 13.9. The van der Waals surface area contributed by atoms with Gasteiger partial charge >= 0.3 is 0 Å². The summed E-state index contributed by atoms with van der Waals surface area (Å²) in [5.74, 6) is 0.221. The summed E-state index contributed by atoms with van der Waals surface area (Å²) >= 11 is 0. The fourth-order valence-electron chi connectivity index (χ4n) is 2.11. The molecule has 0 spiro atoms. The summed E-state index contributed by atoms with van der Waals surface area (Å²) in [7, 11) is 0. The maximum absolute atomic E-state index is 13.9. The van der Waals surface area contributed by atoms with Crippen molar-refractivity contribution in [1.29, 1.82) is 5.41 Å². The molecule has 0 bridgehead atoms. The Kier molecular flexibility index (Phi) is 4.67. The summed E-state index contributed by atoms with van der Waals surface area (Å²) in [6.07, 6.45) is 11.0. The van der Waals surface area contributed by atoms with Gasteiger partial charge in [0.1, 0.15) is 5.82 Å². The normalized spacial score (nSPS) is 11.4. The first kappa shape index (κ1) is 15.5. The highest BCUT2D eigenvalue weighted by atomic mass is 19.1. The highest BCUT2D eigenvalue weighted by molar-refractivity contribution is 5.70. The molecule has 3 aromatic rings. The first-order valence-corrected chi connectivity index (χ1v) is 7.15. The van der Waals surface area contributed by atoms with Crippen LogP contribution in [0.4, 0.5) is 4.39 Å². The molecule has 2 heterocycles. The number of rotatable bonds is 5. The van der Waals surface area contributed by atoms with E-state index in [1.54, 1.807) is 54.9 Å². The Bertz CT molecular complexity index is 900. The molecule has 1 aromatic carbocycles. The number of pyridine rings is 1. The van der Waals surface area contributed by atoms with Crippen LogP contribution in [0.15, 0.2) is 65.5 Å². The average Bonchev–Trinajstić information content (AvgIpc) is 3.08. The first-order chi connectivity index (χ1) is 11.8. The van der Waals surface area contributed by atoms with Crippen LogP contribution in [0, 0.1) is 11.2 Å². The van der Waals surface area contributed by atoms with Crippen molar-refractivity contribution >= 4 is 12.3 Å². The van der Waals surface area contributed by atoms with Gasteiger partial charge in [-0.2, -0.15) is 4.98 Å². The zero-order chi connectivity index (χ0) is 16.8. The van der Waals surface area contributed by atoms with Crippen molar-refractivity contribution in [3.63, 3.8) is 0 Å². The van der Waals surface area contributed by atoms with E-state index in [0.29, 0.717) is 17.0 Å². The van der Waals surface area contributed by atoms with Gasteiger partial charge in [0.2, 0.25) is 0 Å². The van der Waals surface area contributed by atoms with Crippen LogP contribution in [-0.4, -0.2) is 21.3 Å². The Balaban J connectivity index is 1.91. The van der Waals surface area contributed by atoms with Gasteiger partial charge in [0.05, 0.1) is 0 Å². The summed E-state index contributed by atoms with van der Waals surface area (Å²) in [6, 6.07) is 8.18. The molecule has 0 saturated carbocycles. The van der Waals surface area contributed by atoms with E-state index in [2.05, 4.69) is 15.1 Å². The number of allylic oxidation sites excluding steroid dienone is 3. The predicted molar refractivity (Wildman–Crippen MR) is 89.9 cm³/mol. The molecule has 3 rings (SSSR count). The van der Waals surface area contributed by atoms with Crippen LogP contribution < -0.4 is 0 Å². The van der Waals surface area contributed by atoms with Crippen LogP contribution in [0.2, 0.25) is 0 Å². The molecule has 0 saturated heterocycles. The summed E-state index contributed by atoms with van der Waals surface area (Å²) in [5.41, 5.74) is 2.06. The monoisotopic (exact) mass is 320 g/mol. The van der Waals surface area contributed by atoms with Gasteiger partial charge in [-0.3, -0.25) is 4.98 Å². The zero-order valence-electron chi connectivity index (χ0n) is 12.6. The lowest BCUT2D eigenvalue weighted by molar-refractivity contribution is 0.428. The van der Waals surface area contributed by atoms with Crippen molar-refractivity contribution in [2.75, 3.05) is 0 Å². The van der Waals surface area contributed by atoms with Crippen LogP contribution in [0.5, 0.6) is 0 Å². The Hall–Kier alpha value is -3.41. The summed E-state index contributed by atoms with van der Waals surface area (Å²) < 4.78 is 19.1. The highest BCUT2D eigenvalue weighted by Crippen LogP contribution is 2.26. The van der Waals surface area contributed by atoms with Crippen LogP contribution in [-0.2, 0) is 0 Å². The van der Waals surface area contributed by atoms with Crippen molar-refractivity contribution in [3.05, 3.63) is 72.6 Å². The minimum Gasteiger partial charge on any atom is -0.334 e. The summed E-state index contributed by atoms with van der Waals surface area (Å²) in [5, 5.41) is 10.7. The third kappa shape index (κ3) is 3.67. The molecule has 0 amide bonds. The number of benzene rings is 1. The van der Waals surface area contributed by atoms with E-state index in [1.165, 1.54) is 18.3 Å². The molecular weight excluding hydrogens is 307 g/mol. The molecule has 5 nitrogen and oxygen atoms in total. The average molecular weight is 320 g/mol. The SMILES string of the molecule is N=C/C=C\C=C\c1noc(-c2cc(F)cc(-c3ccncc3)c2)n1. The molecule has 0 unspecified atom stereocenters. The second kappa shape index (κ2) is 7.23. The van der Waals surface area contributed by atoms with Crippen LogP contribution in [0.25, 0.3) is 28.7 Å². The van der Waals surface area contributed by atoms with Gasteiger partial charge in [-0.15, -0.1) is 0 Å². The standard InChI is InChI=1S/C18H13FN4O/c19-16-11-14(13-5-8-21-9-6-13)10-15(12-16)18-22-17(23-24-18)4-2-1-3-7-20/h1-12,20H/b3-1-,4-2+,20-7?. The molecule has 1 N–H and O–H groups in total. The Morgan fingerprint density at radius 3 is 2.54 bits per heavy atom. The van der Waals surface area contributed by atoms with Crippen LogP contribution in [0.1, 0.15) is 5.82 Å². The number of aromatic nitrogens is 3. The zero-order valence-corrected chi connectivity index (χ0v) is 12.6. The van der Waals surface area contributed by atoms with Crippen molar-refractivity contribution in [3.8, 4) is 22.6 Å². The van der Waals surface area contributed by atoms with Gasteiger partial charge in [-0.25, -0.2) is 4.39 Å². The fourth-order valence-corrected chi connectivity index (χ4v) is 2.11. The third-order valence-electron chi connectivity index (χ3n) is 3.16. The molecule has 0 aliphatic rings. The smallest absolute Gasteiger partial charge is 0.258 e. The number of hydrogen-bond donors (Lipinski definition) is 1. The number of hydrogen-bond acceptors (Lipinski definition) is 5. The molecule has 0 aliphatic heterocycles. The topological polar surface area (TPSA) is 75.7 Å². The minimum atomic E-state index is -0.386. The number of nitrogens with zero attached hydrogens (tertiary/aromatic N) is 3. The summed E-state index contributed by atoms with van der Waals surface area (Å²) in [4.78, 5) is 8.18. The molecule has 0 fully saturated rings. The van der Waals surface area contributed by atoms with Crippen molar-refractivity contribution in [2.24, 2.45) is 0 Å². The minimum absolute atomic E-state index is 0.237. The second-order valence-electron chi connectivity index (χ2n) is 4.83. The van der Waals surface area contributed by atoms with Gasteiger partial charge in [-0.1, -0.05) is 17.3 Å². The van der Waals surface area contributed by atoms with Gasteiger partial charge < -0.3 is 9.93 Å². The lowest BCUT2D eigenvalue weighted by atomic mass is 10.0. The van der Waals surface area contributed by atoms with E-state index in [-0.39, 0.29) is 11.7 Å². The van der Waals surface area contributed by atoms with Crippen molar-refractivity contribution in [1.82, 2.24) is 15.1 Å². The molecule has 6 heteroatoms. The molecule has 0 atom stereocenters. The maximum Gasteiger partial charge on any atom is 0.258 e. The van der Waals surface area contributed by atoms with Gasteiger partial charge in [0.15, 0.2) is 5.82 Å². The fraction of sp³-hybridized carbons (Fsp3) is 0. The van der Waals surface area contributed by atoms with Crippen LogP contribution in [0.3, 0.4) is 0 Å². The molecule has 0 radical (unpaired) electrons. The third-order valence-corrected chi connectivity index (χ3v) is 3.16. The molecule has 24 heavy (non-hydrogen) atoms. The number of halogens is 1. The van der Waals surface area contributed by atoms with Crippen molar-refractivity contribution in [2.45, 2.75) is 0 Å². The Morgan fingerprint density at radius 2 is 1.75 bits per heavy atom. The predicted octanol–water partition coefficient (Wildman–Crippen LogP) is 4.16. The van der Waals surface area contributed by atoms with Gasteiger partial charge in [0, 0.05) is 24.2 Å². The van der Waals surface area contributed by atoms with Gasteiger partial charge in [0.25, 0.3) is 5.89 Å². The summed E-state index contributed by atoms with van der Waals surface area (Å²) in [6.45, 7) is 0. The largest absolute Gasteiger partial charge is 0.334 e. The van der Waals surface area contributed by atoms with Gasteiger partial charge in [-0.05, 0) is 53.6 Å². The van der Waals surface area contributed by atoms with E-state index < -0.39 is 0 Å². The molecule has 2 aromatic heterocycles.